The lowest BCUT2D eigenvalue weighted by molar-refractivity contribution is -0.148. The van der Waals surface area contributed by atoms with Gasteiger partial charge in [-0.3, -0.25) is 4.79 Å². The van der Waals surface area contributed by atoms with Crippen LogP contribution in [0.3, 0.4) is 0 Å². The van der Waals surface area contributed by atoms with Crippen LogP contribution in [0.15, 0.2) is 36.5 Å². The number of nitrogens with zero attached hydrogens (tertiary/aromatic N) is 4. The highest BCUT2D eigenvalue weighted by atomic mass is 19.1. The van der Waals surface area contributed by atoms with E-state index in [1.165, 1.54) is 12.1 Å². The Morgan fingerprint density at radius 3 is 2.44 bits per heavy atom. The van der Waals surface area contributed by atoms with Crippen LogP contribution in [0.4, 0.5) is 10.3 Å². The molecule has 2 aromatic rings. The molecule has 4 aliphatic heterocycles. The van der Waals surface area contributed by atoms with Crippen molar-refractivity contribution in [1.82, 2.24) is 20.2 Å². The highest BCUT2D eigenvalue weighted by Crippen LogP contribution is 2.37. The predicted molar refractivity (Wildman–Crippen MR) is 129 cm³/mol. The molecule has 4 aliphatic rings. The number of aromatic nitrogens is 2. The van der Waals surface area contributed by atoms with Gasteiger partial charge < -0.3 is 19.9 Å². The third-order valence-electron chi connectivity index (χ3n) is 8.28. The van der Waals surface area contributed by atoms with Gasteiger partial charge in [-0.25, -0.2) is 14.4 Å². The fourth-order valence-electron chi connectivity index (χ4n) is 5.80. The molecular weight excluding hydrogens is 433 g/mol. The van der Waals surface area contributed by atoms with E-state index in [2.05, 4.69) is 27.0 Å². The Hall–Kier alpha value is -2.58. The van der Waals surface area contributed by atoms with E-state index < -0.39 is 5.60 Å². The highest BCUT2D eigenvalue weighted by Gasteiger charge is 2.47. The molecule has 0 radical (unpaired) electrons. The molecule has 1 aromatic carbocycles. The zero-order chi connectivity index (χ0) is 23.8. The van der Waals surface area contributed by atoms with Crippen molar-refractivity contribution in [2.75, 3.05) is 44.7 Å². The number of piperidine rings is 2. The van der Waals surface area contributed by atoms with E-state index in [0.29, 0.717) is 37.8 Å². The molecule has 5 heterocycles. The van der Waals surface area contributed by atoms with Crippen LogP contribution in [0, 0.1) is 11.7 Å². The summed E-state index contributed by atoms with van der Waals surface area (Å²) >= 11 is 0. The molecule has 34 heavy (non-hydrogen) atoms. The van der Waals surface area contributed by atoms with E-state index in [-0.39, 0.29) is 17.3 Å². The second-order valence-corrected chi connectivity index (χ2v) is 10.2. The van der Waals surface area contributed by atoms with Gasteiger partial charge in [0.25, 0.3) is 5.91 Å². The van der Waals surface area contributed by atoms with Crippen LogP contribution in [0.5, 0.6) is 0 Å². The van der Waals surface area contributed by atoms with Crippen LogP contribution in [0.1, 0.15) is 39.0 Å². The van der Waals surface area contributed by atoms with Gasteiger partial charge in [-0.05, 0) is 75.5 Å². The molecule has 1 amide bonds. The average molecular weight is 468 g/mol. The first-order chi connectivity index (χ1) is 16.4. The molecule has 1 aromatic heterocycles. The first-order valence-corrected chi connectivity index (χ1v) is 12.3. The predicted octanol–water partition coefficient (Wildman–Crippen LogP) is 3.26. The normalized spacial score (nSPS) is 28.4. The quantitative estimate of drug-likeness (QED) is 0.728. The lowest BCUT2D eigenvalue weighted by Crippen LogP contribution is -2.61. The number of carbonyl (C=O) groups is 1. The number of fused-ring (bicyclic) bond motifs is 4. The SMILES string of the molecule is COC1(C(=O)NC2(C)CCN3CCC2CC3)CCN(c2nccc(-c3ccc(F)cc3)n2)CC1. The molecule has 0 spiro atoms. The topological polar surface area (TPSA) is 70.6 Å². The molecule has 2 bridgehead atoms. The van der Waals surface area contributed by atoms with Crippen LogP contribution < -0.4 is 10.2 Å². The second kappa shape index (κ2) is 9.23. The van der Waals surface area contributed by atoms with Crippen LogP contribution in [-0.4, -0.2) is 71.7 Å². The van der Waals surface area contributed by atoms with Gasteiger partial charge in [-0.1, -0.05) is 0 Å². The summed E-state index contributed by atoms with van der Waals surface area (Å²) in [5.74, 6) is 0.880. The summed E-state index contributed by atoms with van der Waals surface area (Å²) in [6.45, 7) is 6.79. The molecule has 0 saturated carbocycles. The minimum Gasteiger partial charge on any atom is -0.368 e. The Morgan fingerprint density at radius 2 is 1.76 bits per heavy atom. The number of rotatable bonds is 5. The minimum atomic E-state index is -0.835. The number of nitrogens with one attached hydrogen (secondary N) is 1. The van der Waals surface area contributed by atoms with Crippen molar-refractivity contribution >= 4 is 11.9 Å². The molecule has 6 rings (SSSR count). The molecule has 1 atom stereocenters. The van der Waals surface area contributed by atoms with Crippen LogP contribution >= 0.6 is 0 Å². The van der Waals surface area contributed by atoms with Crippen LogP contribution in [0.2, 0.25) is 0 Å². The molecule has 1 unspecified atom stereocenters. The van der Waals surface area contributed by atoms with Crippen molar-refractivity contribution in [3.63, 3.8) is 0 Å². The Morgan fingerprint density at radius 1 is 1.06 bits per heavy atom. The number of carbonyl (C=O) groups excluding carboxylic acids is 1. The maximum Gasteiger partial charge on any atom is 0.252 e. The Labute approximate surface area is 200 Å². The number of hydrogen-bond donors (Lipinski definition) is 1. The van der Waals surface area contributed by atoms with Crippen molar-refractivity contribution in [2.24, 2.45) is 5.92 Å². The Balaban J connectivity index is 1.27. The number of halogens is 1. The molecule has 0 aliphatic carbocycles. The third-order valence-corrected chi connectivity index (χ3v) is 8.28. The van der Waals surface area contributed by atoms with Crippen LogP contribution in [0.25, 0.3) is 11.3 Å². The van der Waals surface area contributed by atoms with Gasteiger partial charge in [-0.15, -0.1) is 0 Å². The van der Waals surface area contributed by atoms with E-state index in [9.17, 15) is 9.18 Å². The minimum absolute atomic E-state index is 0.0125. The van der Waals surface area contributed by atoms with Crippen molar-refractivity contribution in [3.8, 4) is 11.3 Å². The van der Waals surface area contributed by atoms with Gasteiger partial charge >= 0.3 is 0 Å². The van der Waals surface area contributed by atoms with Gasteiger partial charge in [0.15, 0.2) is 0 Å². The van der Waals surface area contributed by atoms with Crippen molar-refractivity contribution in [3.05, 3.63) is 42.3 Å². The number of benzene rings is 1. The molecule has 182 valence electrons. The fourth-order valence-corrected chi connectivity index (χ4v) is 5.80. The van der Waals surface area contributed by atoms with E-state index in [1.54, 1.807) is 25.4 Å². The number of ether oxygens (including phenoxy) is 1. The summed E-state index contributed by atoms with van der Waals surface area (Å²) in [4.78, 5) is 27.4. The highest BCUT2D eigenvalue weighted by molar-refractivity contribution is 5.86. The molecule has 1 N–H and O–H groups in total. The Kier molecular flexibility index (Phi) is 6.29. The fraction of sp³-hybridized carbons (Fsp3) is 0.577. The van der Waals surface area contributed by atoms with Gasteiger partial charge in [0, 0.05) is 56.9 Å². The smallest absolute Gasteiger partial charge is 0.252 e. The molecule has 4 saturated heterocycles. The van der Waals surface area contributed by atoms with Crippen molar-refractivity contribution in [1.29, 1.82) is 0 Å². The molecule has 8 heteroatoms. The zero-order valence-electron chi connectivity index (χ0n) is 20.1. The van der Waals surface area contributed by atoms with Gasteiger partial charge in [0.2, 0.25) is 5.95 Å². The average Bonchev–Trinajstić information content (AvgIpc) is 3.12. The van der Waals surface area contributed by atoms with Gasteiger partial charge in [0.05, 0.1) is 5.69 Å². The number of methoxy groups -OCH3 is 1. The molecule has 7 nitrogen and oxygen atoms in total. The maximum absolute atomic E-state index is 13.6. The lowest BCUT2D eigenvalue weighted by atomic mass is 9.78. The summed E-state index contributed by atoms with van der Waals surface area (Å²) in [6.07, 6.45) is 6.15. The van der Waals surface area contributed by atoms with E-state index in [4.69, 9.17) is 9.72 Å². The van der Waals surface area contributed by atoms with Gasteiger partial charge in [0.1, 0.15) is 11.4 Å². The van der Waals surface area contributed by atoms with E-state index in [1.807, 2.05) is 6.07 Å². The monoisotopic (exact) mass is 467 g/mol. The number of anilines is 1. The standard InChI is InChI=1S/C26H34FN5O2/c1-25(10-16-31-14-8-20(25)9-15-31)30-23(33)26(34-2)11-17-32(18-12-26)24-28-13-7-22(29-24)19-3-5-21(27)6-4-19/h3-7,13,20H,8-12,14-18H2,1-2H3,(H,30,33). The van der Waals surface area contributed by atoms with Gasteiger partial charge in [-0.2, -0.15) is 0 Å². The summed E-state index contributed by atoms with van der Waals surface area (Å²) in [7, 11) is 1.65. The number of amides is 1. The van der Waals surface area contributed by atoms with E-state index in [0.717, 1.165) is 50.2 Å². The molecule has 4 fully saturated rings. The summed E-state index contributed by atoms with van der Waals surface area (Å²) < 4.78 is 19.2. The largest absolute Gasteiger partial charge is 0.368 e. The Bertz CT molecular complexity index is 1020. The lowest BCUT2D eigenvalue weighted by Gasteiger charge is -2.44. The second-order valence-electron chi connectivity index (χ2n) is 10.2. The summed E-state index contributed by atoms with van der Waals surface area (Å²) in [5.41, 5.74) is 0.573. The van der Waals surface area contributed by atoms with E-state index >= 15 is 0 Å². The first kappa shape index (κ1) is 23.2. The maximum atomic E-state index is 13.6. The van der Waals surface area contributed by atoms with Crippen molar-refractivity contribution in [2.45, 2.75) is 50.2 Å². The summed E-state index contributed by atoms with van der Waals surface area (Å²) in [6, 6.07) is 8.12. The van der Waals surface area contributed by atoms with Crippen molar-refractivity contribution < 1.29 is 13.9 Å². The molecular formula is C26H34FN5O2. The third kappa shape index (κ3) is 4.41. The number of hydrogen-bond acceptors (Lipinski definition) is 6. The zero-order valence-corrected chi connectivity index (χ0v) is 20.1. The first-order valence-electron chi connectivity index (χ1n) is 12.3. The van der Waals surface area contributed by atoms with Crippen LogP contribution in [-0.2, 0) is 9.53 Å². The summed E-state index contributed by atoms with van der Waals surface area (Å²) in [5, 5.41) is 3.44.